The molecule has 4 heteroatoms. The van der Waals surface area contributed by atoms with E-state index in [1.807, 2.05) is 6.92 Å². The van der Waals surface area contributed by atoms with Crippen molar-refractivity contribution in [2.75, 3.05) is 13.2 Å². The highest BCUT2D eigenvalue weighted by Gasteiger charge is 2.21. The monoisotopic (exact) mass is 288 g/mol. The van der Waals surface area contributed by atoms with Crippen LogP contribution in [0.25, 0.3) is 0 Å². The Balaban J connectivity index is 1.65. The minimum Gasteiger partial charge on any atom is -0.372 e. The molecule has 0 bridgehead atoms. The zero-order valence-corrected chi connectivity index (χ0v) is 12.7. The molecule has 2 aromatic rings. The molecule has 0 amide bonds. The second kappa shape index (κ2) is 6.04. The lowest BCUT2D eigenvalue weighted by Crippen LogP contribution is -2.29. The molecule has 0 aliphatic carbocycles. The molecule has 3 nitrogen and oxygen atoms in total. The van der Waals surface area contributed by atoms with Gasteiger partial charge in [0.1, 0.15) is 5.01 Å². The van der Waals surface area contributed by atoms with Crippen LogP contribution in [0.2, 0.25) is 0 Å². The first kappa shape index (κ1) is 13.7. The first-order valence-electron chi connectivity index (χ1n) is 7.09. The minimum absolute atomic E-state index is 0.156. The summed E-state index contributed by atoms with van der Waals surface area (Å²) >= 11 is 1.72. The second-order valence-corrected chi connectivity index (χ2v) is 6.15. The minimum atomic E-state index is 0.156. The Bertz CT molecular complexity index is 581. The standard InChI is InChI=1S/C16H20N2OS/c1-11-10-20-16(18-11)12(2)17-9-15-14-6-4-3-5-13(14)7-8-19-15/h3-6,10,12,15,17H,7-9H2,1-2H3. The Morgan fingerprint density at radius 2 is 2.30 bits per heavy atom. The molecule has 0 radical (unpaired) electrons. The van der Waals surface area contributed by atoms with E-state index >= 15 is 0 Å². The predicted octanol–water partition coefficient (Wildman–Crippen LogP) is 3.42. The van der Waals surface area contributed by atoms with Crippen molar-refractivity contribution in [3.8, 4) is 0 Å². The number of fused-ring (bicyclic) bond motifs is 1. The number of benzene rings is 1. The highest BCUT2D eigenvalue weighted by molar-refractivity contribution is 7.09. The summed E-state index contributed by atoms with van der Waals surface area (Å²) in [5, 5.41) is 6.79. The number of hydrogen-bond donors (Lipinski definition) is 1. The first-order chi connectivity index (χ1) is 9.74. The topological polar surface area (TPSA) is 34.1 Å². The van der Waals surface area contributed by atoms with Crippen LogP contribution in [0.4, 0.5) is 0 Å². The maximum atomic E-state index is 5.92. The summed E-state index contributed by atoms with van der Waals surface area (Å²) < 4.78 is 5.92. The number of rotatable bonds is 4. The normalized spacial score (nSPS) is 19.6. The second-order valence-electron chi connectivity index (χ2n) is 5.27. The molecule has 1 N–H and O–H groups in total. The summed E-state index contributed by atoms with van der Waals surface area (Å²) in [6.45, 7) is 5.84. The lowest BCUT2D eigenvalue weighted by molar-refractivity contribution is 0.0409. The number of thiazole rings is 1. The third-order valence-corrected chi connectivity index (χ3v) is 4.85. The van der Waals surface area contributed by atoms with Gasteiger partial charge in [0.15, 0.2) is 0 Å². The molecule has 106 valence electrons. The number of hydrogen-bond acceptors (Lipinski definition) is 4. The fourth-order valence-electron chi connectivity index (χ4n) is 2.59. The van der Waals surface area contributed by atoms with Crippen LogP contribution < -0.4 is 5.32 Å². The van der Waals surface area contributed by atoms with Gasteiger partial charge in [-0.25, -0.2) is 4.98 Å². The van der Waals surface area contributed by atoms with Gasteiger partial charge in [0.05, 0.1) is 18.8 Å². The SMILES string of the molecule is Cc1csc(C(C)NCC2OCCc3ccccc32)n1. The van der Waals surface area contributed by atoms with Crippen molar-refractivity contribution in [1.82, 2.24) is 10.3 Å². The summed E-state index contributed by atoms with van der Waals surface area (Å²) in [6.07, 6.45) is 1.18. The number of nitrogens with one attached hydrogen (secondary N) is 1. The summed E-state index contributed by atoms with van der Waals surface area (Å²) in [5.41, 5.74) is 3.84. The summed E-state index contributed by atoms with van der Waals surface area (Å²) in [7, 11) is 0. The van der Waals surface area contributed by atoms with E-state index in [1.54, 1.807) is 11.3 Å². The van der Waals surface area contributed by atoms with Gasteiger partial charge in [-0.05, 0) is 31.4 Å². The molecule has 1 aromatic heterocycles. The van der Waals surface area contributed by atoms with E-state index in [-0.39, 0.29) is 12.1 Å². The third kappa shape index (κ3) is 2.92. The molecule has 0 spiro atoms. The summed E-state index contributed by atoms with van der Waals surface area (Å²) in [6, 6.07) is 8.85. The number of ether oxygens (including phenoxy) is 1. The van der Waals surface area contributed by atoms with Crippen molar-refractivity contribution in [2.45, 2.75) is 32.4 Å². The van der Waals surface area contributed by atoms with Crippen LogP contribution in [0.3, 0.4) is 0 Å². The average Bonchev–Trinajstić information content (AvgIpc) is 2.91. The van der Waals surface area contributed by atoms with E-state index in [0.29, 0.717) is 0 Å². The average molecular weight is 288 g/mol. The van der Waals surface area contributed by atoms with Crippen molar-refractivity contribution < 1.29 is 4.74 Å². The van der Waals surface area contributed by atoms with Gasteiger partial charge in [-0.15, -0.1) is 11.3 Å². The number of nitrogens with zero attached hydrogens (tertiary/aromatic N) is 1. The van der Waals surface area contributed by atoms with E-state index < -0.39 is 0 Å². The largest absolute Gasteiger partial charge is 0.372 e. The molecule has 3 rings (SSSR count). The molecule has 2 unspecified atom stereocenters. The van der Waals surface area contributed by atoms with E-state index in [9.17, 15) is 0 Å². The van der Waals surface area contributed by atoms with Crippen molar-refractivity contribution in [2.24, 2.45) is 0 Å². The Kier molecular flexibility index (Phi) is 4.15. The van der Waals surface area contributed by atoms with Crippen molar-refractivity contribution in [3.05, 3.63) is 51.5 Å². The quantitative estimate of drug-likeness (QED) is 0.936. The molecule has 0 saturated heterocycles. The van der Waals surface area contributed by atoms with Crippen LogP contribution in [0.15, 0.2) is 29.6 Å². The van der Waals surface area contributed by atoms with Gasteiger partial charge in [-0.1, -0.05) is 24.3 Å². The van der Waals surface area contributed by atoms with Crippen molar-refractivity contribution in [3.63, 3.8) is 0 Å². The van der Waals surface area contributed by atoms with Gasteiger partial charge < -0.3 is 10.1 Å². The molecule has 0 fully saturated rings. The predicted molar refractivity (Wildman–Crippen MR) is 82.1 cm³/mol. The maximum Gasteiger partial charge on any atom is 0.110 e. The molecule has 1 aliphatic rings. The third-order valence-electron chi connectivity index (χ3n) is 3.71. The van der Waals surface area contributed by atoms with E-state index in [4.69, 9.17) is 4.74 Å². The van der Waals surface area contributed by atoms with Crippen molar-refractivity contribution in [1.29, 1.82) is 0 Å². The lowest BCUT2D eigenvalue weighted by atomic mass is 9.97. The maximum absolute atomic E-state index is 5.92. The molecule has 2 heterocycles. The van der Waals surface area contributed by atoms with Gasteiger partial charge >= 0.3 is 0 Å². The van der Waals surface area contributed by atoms with Gasteiger partial charge in [0, 0.05) is 17.6 Å². The van der Waals surface area contributed by atoms with Crippen LogP contribution in [-0.2, 0) is 11.2 Å². The van der Waals surface area contributed by atoms with Gasteiger partial charge in [0.25, 0.3) is 0 Å². The van der Waals surface area contributed by atoms with E-state index in [1.165, 1.54) is 11.1 Å². The van der Waals surface area contributed by atoms with E-state index in [0.717, 1.165) is 30.3 Å². The zero-order valence-electron chi connectivity index (χ0n) is 11.9. The fourth-order valence-corrected chi connectivity index (χ4v) is 3.42. The smallest absolute Gasteiger partial charge is 0.110 e. The highest BCUT2D eigenvalue weighted by Crippen LogP contribution is 2.27. The fraction of sp³-hybridized carbons (Fsp3) is 0.438. The Hall–Kier alpha value is -1.23. The van der Waals surface area contributed by atoms with E-state index in [2.05, 4.69) is 46.9 Å². The molecule has 0 saturated carbocycles. The van der Waals surface area contributed by atoms with Crippen LogP contribution in [0.1, 0.15) is 40.9 Å². The molecule has 20 heavy (non-hydrogen) atoms. The Morgan fingerprint density at radius 1 is 1.45 bits per heavy atom. The van der Waals surface area contributed by atoms with Crippen LogP contribution >= 0.6 is 11.3 Å². The van der Waals surface area contributed by atoms with Gasteiger partial charge in [-0.2, -0.15) is 0 Å². The molecule has 2 atom stereocenters. The highest BCUT2D eigenvalue weighted by atomic mass is 32.1. The number of aryl methyl sites for hydroxylation is 1. The summed E-state index contributed by atoms with van der Waals surface area (Å²) in [5.74, 6) is 0. The number of aromatic nitrogens is 1. The first-order valence-corrected chi connectivity index (χ1v) is 7.97. The zero-order chi connectivity index (χ0) is 13.9. The van der Waals surface area contributed by atoms with Crippen molar-refractivity contribution >= 4 is 11.3 Å². The molecular weight excluding hydrogens is 268 g/mol. The Labute approximate surface area is 124 Å². The molecule has 1 aromatic carbocycles. The molecule has 1 aliphatic heterocycles. The van der Waals surface area contributed by atoms with Gasteiger partial charge in [0.2, 0.25) is 0 Å². The van der Waals surface area contributed by atoms with Crippen LogP contribution in [-0.4, -0.2) is 18.1 Å². The lowest BCUT2D eigenvalue weighted by Gasteiger charge is -2.27. The summed E-state index contributed by atoms with van der Waals surface area (Å²) in [4.78, 5) is 4.53. The Morgan fingerprint density at radius 3 is 3.10 bits per heavy atom. The van der Waals surface area contributed by atoms with Gasteiger partial charge in [-0.3, -0.25) is 0 Å². The van der Waals surface area contributed by atoms with Crippen LogP contribution in [0.5, 0.6) is 0 Å². The van der Waals surface area contributed by atoms with Crippen LogP contribution in [0, 0.1) is 6.92 Å². The molecular formula is C16H20N2OS.